The number of hydrogen-bond acceptors (Lipinski definition) is 5. The second-order valence-corrected chi connectivity index (χ2v) is 6.71. The van der Waals surface area contributed by atoms with Gasteiger partial charge >= 0.3 is 0 Å². The minimum atomic E-state index is -0.282. The molecule has 0 aliphatic rings. The molecule has 0 radical (unpaired) electrons. The van der Waals surface area contributed by atoms with E-state index in [1.165, 1.54) is 0 Å². The second kappa shape index (κ2) is 8.65. The number of carbonyl (C=O) groups is 1. The summed E-state index contributed by atoms with van der Waals surface area (Å²) in [5, 5.41) is 7.11. The van der Waals surface area contributed by atoms with Gasteiger partial charge < -0.3 is 14.6 Å². The van der Waals surface area contributed by atoms with Gasteiger partial charge in [-0.05, 0) is 36.1 Å². The Morgan fingerprint density at radius 3 is 2.48 bits per heavy atom. The first kappa shape index (κ1) is 19.0. The third kappa shape index (κ3) is 5.05. The molecule has 0 aliphatic carbocycles. The fourth-order valence-electron chi connectivity index (χ4n) is 2.51. The lowest BCUT2D eigenvalue weighted by atomic mass is 9.98. The van der Waals surface area contributed by atoms with Crippen LogP contribution in [-0.4, -0.2) is 23.2 Å². The van der Waals surface area contributed by atoms with E-state index in [1.807, 2.05) is 38.1 Å². The molecule has 2 aromatic rings. The molecule has 1 N–H and O–H groups in total. The number of methoxy groups -OCH3 is 1. The molecule has 25 heavy (non-hydrogen) atoms. The fourth-order valence-corrected chi connectivity index (χ4v) is 2.51. The van der Waals surface area contributed by atoms with Gasteiger partial charge in [-0.15, -0.1) is 0 Å². The highest BCUT2D eigenvalue weighted by Gasteiger charge is 2.26. The SMILES string of the molecule is CCC(C)C(NC(=O)CC(C)C)c1nc(-c2ccc(OC)cc2)no1. The van der Waals surface area contributed by atoms with E-state index in [9.17, 15) is 4.79 Å². The topological polar surface area (TPSA) is 77.2 Å². The smallest absolute Gasteiger partial charge is 0.249 e. The summed E-state index contributed by atoms with van der Waals surface area (Å²) in [5.74, 6) is 2.21. The summed E-state index contributed by atoms with van der Waals surface area (Å²) in [5.41, 5.74) is 0.840. The molecule has 0 bridgehead atoms. The number of ether oxygens (including phenoxy) is 1. The molecule has 0 saturated carbocycles. The number of hydrogen-bond donors (Lipinski definition) is 1. The van der Waals surface area contributed by atoms with E-state index in [0.717, 1.165) is 17.7 Å². The van der Waals surface area contributed by atoms with Crippen molar-refractivity contribution in [1.29, 1.82) is 0 Å². The largest absolute Gasteiger partial charge is 0.497 e. The van der Waals surface area contributed by atoms with Crippen LogP contribution in [0.25, 0.3) is 11.4 Å². The summed E-state index contributed by atoms with van der Waals surface area (Å²) in [6, 6.07) is 7.17. The summed E-state index contributed by atoms with van der Waals surface area (Å²) < 4.78 is 10.6. The van der Waals surface area contributed by atoms with Crippen molar-refractivity contribution < 1.29 is 14.1 Å². The van der Waals surface area contributed by atoms with Crippen molar-refractivity contribution in [2.75, 3.05) is 7.11 Å². The number of nitrogens with zero attached hydrogens (tertiary/aromatic N) is 2. The molecule has 1 aromatic carbocycles. The third-order valence-corrected chi connectivity index (χ3v) is 4.18. The van der Waals surface area contributed by atoms with Crippen molar-refractivity contribution in [2.24, 2.45) is 11.8 Å². The first-order chi connectivity index (χ1) is 11.9. The van der Waals surface area contributed by atoms with Gasteiger partial charge in [0, 0.05) is 12.0 Å². The molecule has 6 nitrogen and oxygen atoms in total. The molecule has 2 unspecified atom stereocenters. The zero-order valence-corrected chi connectivity index (χ0v) is 15.6. The molecule has 0 saturated heterocycles. The lowest BCUT2D eigenvalue weighted by molar-refractivity contribution is -0.123. The Morgan fingerprint density at radius 2 is 1.92 bits per heavy atom. The van der Waals surface area contributed by atoms with Crippen molar-refractivity contribution in [3.8, 4) is 17.1 Å². The van der Waals surface area contributed by atoms with E-state index >= 15 is 0 Å². The molecule has 2 atom stereocenters. The summed E-state index contributed by atoms with van der Waals surface area (Å²) in [6.07, 6.45) is 1.37. The molecule has 0 fully saturated rings. The first-order valence-electron chi connectivity index (χ1n) is 8.72. The number of nitrogens with one attached hydrogen (secondary N) is 1. The van der Waals surface area contributed by atoms with Crippen molar-refractivity contribution in [1.82, 2.24) is 15.5 Å². The van der Waals surface area contributed by atoms with Crippen LogP contribution in [0.5, 0.6) is 5.75 Å². The minimum absolute atomic E-state index is 0.00416. The van der Waals surface area contributed by atoms with E-state index in [0.29, 0.717) is 24.1 Å². The lowest BCUT2D eigenvalue weighted by Gasteiger charge is -2.21. The summed E-state index contributed by atoms with van der Waals surface area (Å²) in [4.78, 5) is 16.7. The fraction of sp³-hybridized carbons (Fsp3) is 0.526. The highest BCUT2D eigenvalue weighted by atomic mass is 16.5. The predicted octanol–water partition coefficient (Wildman–Crippen LogP) is 3.99. The Morgan fingerprint density at radius 1 is 1.24 bits per heavy atom. The summed E-state index contributed by atoms with van der Waals surface area (Å²) >= 11 is 0. The maximum atomic E-state index is 12.2. The van der Waals surface area contributed by atoms with Crippen LogP contribution in [0.1, 0.15) is 52.5 Å². The van der Waals surface area contributed by atoms with E-state index in [2.05, 4.69) is 29.3 Å². The number of aromatic nitrogens is 2. The van der Waals surface area contributed by atoms with Crippen molar-refractivity contribution in [2.45, 2.75) is 46.6 Å². The molecule has 6 heteroatoms. The van der Waals surface area contributed by atoms with Crippen LogP contribution in [0.15, 0.2) is 28.8 Å². The number of carbonyl (C=O) groups excluding carboxylic acids is 1. The van der Waals surface area contributed by atoms with E-state index in [4.69, 9.17) is 9.26 Å². The first-order valence-corrected chi connectivity index (χ1v) is 8.72. The van der Waals surface area contributed by atoms with E-state index < -0.39 is 0 Å². The van der Waals surface area contributed by atoms with Gasteiger partial charge in [-0.3, -0.25) is 4.79 Å². The molecular weight excluding hydrogens is 318 g/mol. The van der Waals surface area contributed by atoms with Crippen LogP contribution in [0.2, 0.25) is 0 Å². The van der Waals surface area contributed by atoms with Gasteiger partial charge in [0.25, 0.3) is 0 Å². The van der Waals surface area contributed by atoms with Gasteiger partial charge in [-0.25, -0.2) is 0 Å². The predicted molar refractivity (Wildman–Crippen MR) is 96.1 cm³/mol. The third-order valence-electron chi connectivity index (χ3n) is 4.18. The van der Waals surface area contributed by atoms with Crippen molar-refractivity contribution >= 4 is 5.91 Å². The molecule has 0 spiro atoms. The average Bonchev–Trinajstić information content (AvgIpc) is 3.08. The Balaban J connectivity index is 2.20. The van der Waals surface area contributed by atoms with Gasteiger partial charge in [0.15, 0.2) is 0 Å². The Kier molecular flexibility index (Phi) is 6.56. The van der Waals surface area contributed by atoms with Crippen LogP contribution < -0.4 is 10.1 Å². The molecule has 0 aliphatic heterocycles. The maximum absolute atomic E-state index is 12.2. The highest BCUT2D eigenvalue weighted by Crippen LogP contribution is 2.26. The monoisotopic (exact) mass is 345 g/mol. The Labute approximate surface area is 149 Å². The van der Waals surface area contributed by atoms with Crippen LogP contribution in [0.4, 0.5) is 0 Å². The Bertz CT molecular complexity index is 679. The molecule has 1 aromatic heterocycles. The molecule has 1 heterocycles. The van der Waals surface area contributed by atoms with Crippen LogP contribution in [0, 0.1) is 11.8 Å². The summed E-state index contributed by atoms with van der Waals surface area (Å²) in [7, 11) is 1.62. The maximum Gasteiger partial charge on any atom is 0.249 e. The number of rotatable bonds is 8. The van der Waals surface area contributed by atoms with Crippen molar-refractivity contribution in [3.63, 3.8) is 0 Å². The van der Waals surface area contributed by atoms with Crippen LogP contribution in [0.3, 0.4) is 0 Å². The highest BCUT2D eigenvalue weighted by molar-refractivity contribution is 5.76. The summed E-state index contributed by atoms with van der Waals surface area (Å²) in [6.45, 7) is 8.18. The Hall–Kier alpha value is -2.37. The van der Waals surface area contributed by atoms with Gasteiger partial charge in [-0.2, -0.15) is 4.98 Å². The van der Waals surface area contributed by atoms with E-state index in [1.54, 1.807) is 7.11 Å². The van der Waals surface area contributed by atoms with Gasteiger partial charge in [0.1, 0.15) is 11.8 Å². The average molecular weight is 345 g/mol. The van der Waals surface area contributed by atoms with Gasteiger partial charge in [-0.1, -0.05) is 39.3 Å². The van der Waals surface area contributed by atoms with Gasteiger partial charge in [0.2, 0.25) is 17.6 Å². The van der Waals surface area contributed by atoms with E-state index in [-0.39, 0.29) is 17.9 Å². The normalized spacial score (nSPS) is 13.5. The zero-order chi connectivity index (χ0) is 18.4. The molecule has 136 valence electrons. The molecular formula is C19H27N3O3. The lowest BCUT2D eigenvalue weighted by Crippen LogP contribution is -2.33. The van der Waals surface area contributed by atoms with Crippen molar-refractivity contribution in [3.05, 3.63) is 30.2 Å². The number of benzene rings is 1. The standard InChI is InChI=1S/C19H27N3O3/c1-6-13(4)17(20-16(23)11-12(2)3)19-21-18(22-25-19)14-7-9-15(24-5)10-8-14/h7-10,12-13,17H,6,11H2,1-5H3,(H,20,23). The molecule has 2 rings (SSSR count). The second-order valence-electron chi connectivity index (χ2n) is 6.71. The van der Waals surface area contributed by atoms with Crippen LogP contribution in [-0.2, 0) is 4.79 Å². The molecule has 1 amide bonds. The van der Waals surface area contributed by atoms with Crippen LogP contribution >= 0.6 is 0 Å². The van der Waals surface area contributed by atoms with Gasteiger partial charge in [0.05, 0.1) is 7.11 Å². The minimum Gasteiger partial charge on any atom is -0.497 e. The quantitative estimate of drug-likeness (QED) is 0.782. The number of amides is 1. The zero-order valence-electron chi connectivity index (χ0n) is 15.6.